The molecule has 0 spiro atoms. The highest BCUT2D eigenvalue weighted by molar-refractivity contribution is 5.89. The van der Waals surface area contributed by atoms with Crippen LogP contribution in [0.4, 0.5) is 4.39 Å². The lowest BCUT2D eigenvalue weighted by Crippen LogP contribution is -2.25. The third kappa shape index (κ3) is 3.49. The summed E-state index contributed by atoms with van der Waals surface area (Å²) in [6.07, 6.45) is -4.08. The number of aliphatic hydroxyl groups is 2. The summed E-state index contributed by atoms with van der Waals surface area (Å²) in [6.45, 7) is 0. The van der Waals surface area contributed by atoms with E-state index in [2.05, 4.69) is 4.74 Å². The first-order valence-electron chi connectivity index (χ1n) is 5.33. The number of rotatable bonds is 5. The Morgan fingerprint density at radius 3 is 2.53 bits per heavy atom. The van der Waals surface area contributed by atoms with Crippen molar-refractivity contribution in [1.29, 1.82) is 0 Å². The van der Waals surface area contributed by atoms with E-state index in [1.54, 1.807) is 0 Å². The van der Waals surface area contributed by atoms with Gasteiger partial charge in [0.1, 0.15) is 11.9 Å². The van der Waals surface area contributed by atoms with Crippen molar-refractivity contribution >= 4 is 11.9 Å². The Bertz CT molecular complexity index is 487. The average molecular weight is 272 g/mol. The summed E-state index contributed by atoms with van der Waals surface area (Å²) in [7, 11) is 1.09. The SMILES string of the molecule is COC(=O)CC(O)C(O)c1c(F)cccc1C(=O)O. The summed E-state index contributed by atoms with van der Waals surface area (Å²) in [5.41, 5.74) is -1.04. The standard InChI is InChI=1S/C12H13FO6/c1-19-9(15)5-8(14)11(16)10-6(12(17)18)3-2-4-7(10)13/h2-4,8,11,14,16H,5H2,1H3,(H,17,18). The van der Waals surface area contributed by atoms with E-state index in [1.165, 1.54) is 6.07 Å². The van der Waals surface area contributed by atoms with Gasteiger partial charge in [-0.15, -0.1) is 0 Å². The van der Waals surface area contributed by atoms with Gasteiger partial charge in [0.2, 0.25) is 0 Å². The molecule has 0 saturated heterocycles. The van der Waals surface area contributed by atoms with Gasteiger partial charge in [-0.05, 0) is 12.1 Å². The number of ether oxygens (including phenoxy) is 1. The number of halogens is 1. The maximum atomic E-state index is 13.6. The lowest BCUT2D eigenvalue weighted by molar-refractivity contribution is -0.144. The minimum absolute atomic E-state index is 0.476. The van der Waals surface area contributed by atoms with Gasteiger partial charge >= 0.3 is 11.9 Å². The number of carboxylic acids is 1. The van der Waals surface area contributed by atoms with Crippen molar-refractivity contribution in [1.82, 2.24) is 0 Å². The molecular formula is C12H13FO6. The van der Waals surface area contributed by atoms with Crippen LogP contribution in [-0.4, -0.2) is 40.5 Å². The molecule has 3 N–H and O–H groups in total. The van der Waals surface area contributed by atoms with Gasteiger partial charge in [-0.3, -0.25) is 4.79 Å². The van der Waals surface area contributed by atoms with Gasteiger partial charge in [0.05, 0.1) is 25.2 Å². The van der Waals surface area contributed by atoms with Crippen molar-refractivity contribution < 1.29 is 34.0 Å². The molecular weight excluding hydrogens is 259 g/mol. The fraction of sp³-hybridized carbons (Fsp3) is 0.333. The molecule has 0 heterocycles. The molecule has 0 saturated carbocycles. The summed E-state index contributed by atoms with van der Waals surface area (Å²) in [6, 6.07) is 3.21. The molecule has 0 bridgehead atoms. The molecule has 0 aromatic heterocycles. The minimum Gasteiger partial charge on any atom is -0.478 e. The quantitative estimate of drug-likeness (QED) is 0.673. The van der Waals surface area contributed by atoms with Crippen molar-refractivity contribution in [3.8, 4) is 0 Å². The Hall–Kier alpha value is -1.99. The summed E-state index contributed by atoms with van der Waals surface area (Å²) in [5, 5.41) is 28.3. The molecule has 0 aliphatic carbocycles. The summed E-state index contributed by atoms with van der Waals surface area (Å²) < 4.78 is 17.9. The Morgan fingerprint density at radius 1 is 1.37 bits per heavy atom. The average Bonchev–Trinajstić information content (AvgIpc) is 2.37. The number of benzene rings is 1. The van der Waals surface area contributed by atoms with Crippen LogP contribution in [0.25, 0.3) is 0 Å². The van der Waals surface area contributed by atoms with Crippen molar-refractivity contribution in [2.24, 2.45) is 0 Å². The van der Waals surface area contributed by atoms with Crippen molar-refractivity contribution in [3.05, 3.63) is 35.1 Å². The molecule has 0 aliphatic rings. The van der Waals surface area contributed by atoms with Crippen LogP contribution in [0.5, 0.6) is 0 Å². The van der Waals surface area contributed by atoms with E-state index in [-0.39, 0.29) is 0 Å². The van der Waals surface area contributed by atoms with Gasteiger partial charge in [-0.2, -0.15) is 0 Å². The topological polar surface area (TPSA) is 104 Å². The Kier molecular flexibility index (Phi) is 4.96. The number of hydrogen-bond donors (Lipinski definition) is 3. The number of carbonyl (C=O) groups excluding carboxylic acids is 1. The van der Waals surface area contributed by atoms with Gasteiger partial charge in [0.15, 0.2) is 0 Å². The zero-order chi connectivity index (χ0) is 14.6. The Morgan fingerprint density at radius 2 is 2.00 bits per heavy atom. The summed E-state index contributed by atoms with van der Waals surface area (Å²) >= 11 is 0. The van der Waals surface area contributed by atoms with E-state index in [0.29, 0.717) is 0 Å². The van der Waals surface area contributed by atoms with E-state index in [0.717, 1.165) is 19.2 Å². The van der Waals surface area contributed by atoms with Crippen LogP contribution < -0.4 is 0 Å². The van der Waals surface area contributed by atoms with Crippen LogP contribution in [0.2, 0.25) is 0 Å². The first-order valence-corrected chi connectivity index (χ1v) is 5.33. The first-order chi connectivity index (χ1) is 8.88. The molecule has 1 aromatic rings. The molecule has 0 amide bonds. The van der Waals surface area contributed by atoms with Gasteiger partial charge in [-0.1, -0.05) is 6.07 Å². The number of esters is 1. The number of carboxylic acid groups (broad SMARTS) is 1. The normalized spacial score (nSPS) is 13.7. The monoisotopic (exact) mass is 272 g/mol. The lowest BCUT2D eigenvalue weighted by atomic mass is 9.96. The Balaban J connectivity index is 3.08. The van der Waals surface area contributed by atoms with Crippen LogP contribution in [0, 0.1) is 5.82 Å². The van der Waals surface area contributed by atoms with Crippen molar-refractivity contribution in [2.75, 3.05) is 7.11 Å². The molecule has 19 heavy (non-hydrogen) atoms. The largest absolute Gasteiger partial charge is 0.478 e. The number of hydrogen-bond acceptors (Lipinski definition) is 5. The van der Waals surface area contributed by atoms with E-state index < -0.39 is 47.5 Å². The molecule has 1 aromatic carbocycles. The number of carbonyl (C=O) groups is 2. The fourth-order valence-corrected chi connectivity index (χ4v) is 1.58. The van der Waals surface area contributed by atoms with Gasteiger partial charge in [0.25, 0.3) is 0 Å². The number of methoxy groups -OCH3 is 1. The molecule has 0 fully saturated rings. The zero-order valence-electron chi connectivity index (χ0n) is 10.0. The Labute approximate surface area is 108 Å². The molecule has 0 radical (unpaired) electrons. The van der Waals surface area contributed by atoms with E-state index in [4.69, 9.17) is 5.11 Å². The highest BCUT2D eigenvalue weighted by Gasteiger charge is 2.28. The van der Waals surface area contributed by atoms with E-state index in [1.807, 2.05) is 0 Å². The molecule has 0 aliphatic heterocycles. The third-order valence-corrected chi connectivity index (χ3v) is 2.55. The van der Waals surface area contributed by atoms with E-state index in [9.17, 15) is 24.2 Å². The summed E-state index contributed by atoms with van der Waals surface area (Å²) in [4.78, 5) is 21.9. The van der Waals surface area contributed by atoms with Crippen LogP contribution in [0.1, 0.15) is 28.4 Å². The van der Waals surface area contributed by atoms with Crippen LogP contribution >= 0.6 is 0 Å². The maximum absolute atomic E-state index is 13.6. The third-order valence-electron chi connectivity index (χ3n) is 2.55. The second-order valence-corrected chi connectivity index (χ2v) is 3.80. The predicted octanol–water partition coefficient (Wildman–Crippen LogP) is 0.481. The molecule has 7 heteroatoms. The molecule has 2 atom stereocenters. The lowest BCUT2D eigenvalue weighted by Gasteiger charge is -2.19. The molecule has 1 rings (SSSR count). The van der Waals surface area contributed by atoms with E-state index >= 15 is 0 Å². The second kappa shape index (κ2) is 6.26. The number of aromatic carboxylic acids is 1. The first kappa shape index (κ1) is 15.1. The van der Waals surface area contributed by atoms with Crippen molar-refractivity contribution in [3.63, 3.8) is 0 Å². The second-order valence-electron chi connectivity index (χ2n) is 3.80. The minimum atomic E-state index is -1.84. The number of aliphatic hydroxyl groups excluding tert-OH is 2. The highest BCUT2D eigenvalue weighted by atomic mass is 19.1. The van der Waals surface area contributed by atoms with Crippen molar-refractivity contribution in [2.45, 2.75) is 18.6 Å². The van der Waals surface area contributed by atoms with Gasteiger partial charge in [-0.25, -0.2) is 9.18 Å². The zero-order valence-corrected chi connectivity index (χ0v) is 10.0. The van der Waals surface area contributed by atoms with Crippen LogP contribution in [-0.2, 0) is 9.53 Å². The smallest absolute Gasteiger partial charge is 0.336 e. The predicted molar refractivity (Wildman–Crippen MR) is 61.0 cm³/mol. The molecule has 6 nitrogen and oxygen atoms in total. The van der Waals surface area contributed by atoms with Crippen LogP contribution in [0.3, 0.4) is 0 Å². The van der Waals surface area contributed by atoms with Gasteiger partial charge < -0.3 is 20.1 Å². The maximum Gasteiger partial charge on any atom is 0.336 e. The molecule has 104 valence electrons. The molecule has 2 unspecified atom stereocenters. The fourth-order valence-electron chi connectivity index (χ4n) is 1.58. The van der Waals surface area contributed by atoms with Gasteiger partial charge in [0, 0.05) is 5.56 Å². The highest BCUT2D eigenvalue weighted by Crippen LogP contribution is 2.26. The van der Waals surface area contributed by atoms with Crippen LogP contribution in [0.15, 0.2) is 18.2 Å². The summed E-state index contributed by atoms with van der Waals surface area (Å²) in [5.74, 6) is -3.23.